The van der Waals surface area contributed by atoms with Gasteiger partial charge in [0.15, 0.2) is 0 Å². The molecule has 0 spiro atoms. The number of carbonyl (C=O) groups is 2. The fourth-order valence-corrected chi connectivity index (χ4v) is 2.43. The number of rotatable bonds is 7. The third-order valence-electron chi connectivity index (χ3n) is 3.55. The molecule has 0 aliphatic heterocycles. The number of hydrogen-bond donors (Lipinski definition) is 2. The normalized spacial score (nSPS) is 11.5. The molecule has 0 unspecified atom stereocenters. The van der Waals surface area contributed by atoms with Gasteiger partial charge in [-0.05, 0) is 17.5 Å². The molecule has 2 aromatic carbocycles. The third-order valence-corrected chi connectivity index (χ3v) is 3.55. The number of amides is 2. The van der Waals surface area contributed by atoms with Gasteiger partial charge >= 0.3 is 0 Å². The van der Waals surface area contributed by atoms with Crippen LogP contribution in [0.3, 0.4) is 0 Å². The maximum Gasteiger partial charge on any atom is 0.222 e. The lowest BCUT2D eigenvalue weighted by Gasteiger charge is -2.18. The first-order valence-corrected chi connectivity index (χ1v) is 7.78. The zero-order chi connectivity index (χ0) is 16.5. The molecule has 0 bridgehead atoms. The fraction of sp³-hybridized carbons (Fsp3) is 0.263. The predicted octanol–water partition coefficient (Wildman–Crippen LogP) is 2.61. The Kier molecular flexibility index (Phi) is 6.36. The van der Waals surface area contributed by atoms with Crippen LogP contribution < -0.4 is 10.6 Å². The number of hydrogen-bond acceptors (Lipinski definition) is 2. The van der Waals surface area contributed by atoms with Gasteiger partial charge in [0.2, 0.25) is 11.8 Å². The highest BCUT2D eigenvalue weighted by Gasteiger charge is 2.16. The Bertz CT molecular complexity index is 626. The van der Waals surface area contributed by atoms with Gasteiger partial charge in [-0.2, -0.15) is 0 Å². The molecule has 0 saturated heterocycles. The van der Waals surface area contributed by atoms with E-state index >= 15 is 0 Å². The smallest absolute Gasteiger partial charge is 0.222 e. The molecule has 23 heavy (non-hydrogen) atoms. The molecular formula is C19H22N2O2. The summed E-state index contributed by atoms with van der Waals surface area (Å²) in [6.45, 7) is 2.05. The Morgan fingerprint density at radius 3 is 2.17 bits per heavy atom. The standard InChI is InChI=1S/C19H22N2O2/c1-15(22)21-18(17-10-6-3-7-11-17)14-19(23)20-13-12-16-8-4-2-5-9-16/h2-11,18H,12-14H2,1H3,(H,20,23)(H,21,22)/t18-/m0/s1. The lowest BCUT2D eigenvalue weighted by molar-refractivity contribution is -0.122. The summed E-state index contributed by atoms with van der Waals surface area (Å²) in [6, 6.07) is 19.3. The minimum absolute atomic E-state index is 0.0662. The van der Waals surface area contributed by atoms with Crippen LogP contribution in [0.15, 0.2) is 60.7 Å². The topological polar surface area (TPSA) is 58.2 Å². The van der Waals surface area contributed by atoms with Crippen molar-refractivity contribution < 1.29 is 9.59 Å². The molecule has 0 aromatic heterocycles. The van der Waals surface area contributed by atoms with Crippen LogP contribution in [0.25, 0.3) is 0 Å². The van der Waals surface area contributed by atoms with Crippen molar-refractivity contribution in [2.45, 2.75) is 25.8 Å². The molecule has 1 atom stereocenters. The lowest BCUT2D eigenvalue weighted by atomic mass is 10.0. The van der Waals surface area contributed by atoms with E-state index in [9.17, 15) is 9.59 Å². The van der Waals surface area contributed by atoms with Crippen LogP contribution in [0.1, 0.15) is 30.5 Å². The van der Waals surface area contributed by atoms with E-state index in [0.29, 0.717) is 6.54 Å². The first kappa shape index (κ1) is 16.7. The average Bonchev–Trinajstić information content (AvgIpc) is 2.56. The van der Waals surface area contributed by atoms with E-state index in [2.05, 4.69) is 10.6 Å². The van der Waals surface area contributed by atoms with Crippen LogP contribution in [0.5, 0.6) is 0 Å². The molecule has 4 heteroatoms. The summed E-state index contributed by atoms with van der Waals surface area (Å²) in [5, 5.41) is 5.75. The minimum atomic E-state index is -0.301. The van der Waals surface area contributed by atoms with Gasteiger partial charge in [-0.25, -0.2) is 0 Å². The summed E-state index contributed by atoms with van der Waals surface area (Å²) in [5.74, 6) is -0.209. The van der Waals surface area contributed by atoms with Gasteiger partial charge in [-0.15, -0.1) is 0 Å². The van der Waals surface area contributed by atoms with Crippen LogP contribution in [0.2, 0.25) is 0 Å². The van der Waals surface area contributed by atoms with Crippen molar-refractivity contribution in [3.8, 4) is 0 Å². The van der Waals surface area contributed by atoms with Gasteiger partial charge in [0.25, 0.3) is 0 Å². The second-order valence-electron chi connectivity index (χ2n) is 5.45. The lowest BCUT2D eigenvalue weighted by Crippen LogP contribution is -2.33. The zero-order valence-corrected chi connectivity index (χ0v) is 13.3. The summed E-state index contributed by atoms with van der Waals surface area (Å²) in [6.07, 6.45) is 1.03. The highest BCUT2D eigenvalue weighted by Crippen LogP contribution is 2.16. The highest BCUT2D eigenvalue weighted by molar-refractivity contribution is 5.79. The maximum absolute atomic E-state index is 12.1. The second kappa shape index (κ2) is 8.73. The van der Waals surface area contributed by atoms with Crippen LogP contribution in [-0.4, -0.2) is 18.4 Å². The van der Waals surface area contributed by atoms with E-state index in [4.69, 9.17) is 0 Å². The van der Waals surface area contributed by atoms with E-state index < -0.39 is 0 Å². The van der Waals surface area contributed by atoms with Crippen molar-refractivity contribution in [1.29, 1.82) is 0 Å². The van der Waals surface area contributed by atoms with E-state index in [-0.39, 0.29) is 24.3 Å². The number of benzene rings is 2. The van der Waals surface area contributed by atoms with Gasteiger partial charge in [0.1, 0.15) is 0 Å². The van der Waals surface area contributed by atoms with E-state index in [1.165, 1.54) is 12.5 Å². The van der Waals surface area contributed by atoms with Crippen molar-refractivity contribution in [2.75, 3.05) is 6.54 Å². The molecular weight excluding hydrogens is 288 g/mol. The van der Waals surface area contributed by atoms with Gasteiger partial charge < -0.3 is 10.6 Å². The Balaban J connectivity index is 1.86. The monoisotopic (exact) mass is 310 g/mol. The van der Waals surface area contributed by atoms with Crippen molar-refractivity contribution in [1.82, 2.24) is 10.6 Å². The SMILES string of the molecule is CC(=O)N[C@@H](CC(=O)NCCc1ccccc1)c1ccccc1. The van der Waals surface area contributed by atoms with E-state index in [0.717, 1.165) is 12.0 Å². The Hall–Kier alpha value is -2.62. The zero-order valence-electron chi connectivity index (χ0n) is 13.3. The molecule has 0 aliphatic rings. The average molecular weight is 310 g/mol. The Morgan fingerprint density at radius 2 is 1.57 bits per heavy atom. The molecule has 0 heterocycles. The Labute approximate surface area is 136 Å². The van der Waals surface area contributed by atoms with E-state index in [1.54, 1.807) is 0 Å². The molecule has 2 aromatic rings. The Morgan fingerprint density at radius 1 is 0.957 bits per heavy atom. The molecule has 2 N–H and O–H groups in total. The van der Waals surface area contributed by atoms with Gasteiger partial charge in [0, 0.05) is 13.5 Å². The molecule has 2 rings (SSSR count). The predicted molar refractivity (Wildman–Crippen MR) is 90.8 cm³/mol. The summed E-state index contributed by atoms with van der Waals surface area (Å²) in [4.78, 5) is 23.5. The molecule has 0 radical (unpaired) electrons. The van der Waals surface area contributed by atoms with Crippen molar-refractivity contribution in [3.05, 3.63) is 71.8 Å². The van der Waals surface area contributed by atoms with Gasteiger partial charge in [-0.1, -0.05) is 60.7 Å². The molecule has 0 aliphatic carbocycles. The summed E-state index contributed by atoms with van der Waals surface area (Å²) < 4.78 is 0. The summed E-state index contributed by atoms with van der Waals surface area (Å²) in [7, 11) is 0. The molecule has 4 nitrogen and oxygen atoms in total. The fourth-order valence-electron chi connectivity index (χ4n) is 2.43. The van der Waals surface area contributed by atoms with Crippen molar-refractivity contribution in [2.24, 2.45) is 0 Å². The van der Waals surface area contributed by atoms with Gasteiger partial charge in [0.05, 0.1) is 12.5 Å². The number of nitrogens with one attached hydrogen (secondary N) is 2. The number of carbonyl (C=O) groups excluding carboxylic acids is 2. The highest BCUT2D eigenvalue weighted by atomic mass is 16.2. The van der Waals surface area contributed by atoms with Crippen molar-refractivity contribution in [3.63, 3.8) is 0 Å². The molecule has 2 amide bonds. The van der Waals surface area contributed by atoms with Crippen LogP contribution >= 0.6 is 0 Å². The van der Waals surface area contributed by atoms with Crippen LogP contribution in [-0.2, 0) is 16.0 Å². The molecule has 0 fully saturated rings. The van der Waals surface area contributed by atoms with Crippen molar-refractivity contribution >= 4 is 11.8 Å². The maximum atomic E-state index is 12.1. The third kappa shape index (κ3) is 5.94. The summed E-state index contributed by atoms with van der Waals surface area (Å²) in [5.41, 5.74) is 2.12. The molecule has 0 saturated carbocycles. The largest absolute Gasteiger partial charge is 0.356 e. The van der Waals surface area contributed by atoms with Crippen LogP contribution in [0.4, 0.5) is 0 Å². The molecule has 120 valence electrons. The first-order chi connectivity index (χ1) is 11.1. The minimum Gasteiger partial charge on any atom is -0.356 e. The quantitative estimate of drug-likeness (QED) is 0.826. The second-order valence-corrected chi connectivity index (χ2v) is 5.45. The summed E-state index contributed by atoms with van der Waals surface area (Å²) >= 11 is 0. The van der Waals surface area contributed by atoms with E-state index in [1.807, 2.05) is 60.7 Å². The first-order valence-electron chi connectivity index (χ1n) is 7.78. The van der Waals surface area contributed by atoms with Gasteiger partial charge in [-0.3, -0.25) is 9.59 Å². The van der Waals surface area contributed by atoms with Crippen LogP contribution in [0, 0.1) is 0 Å².